The van der Waals surface area contributed by atoms with Crippen LogP contribution in [0.25, 0.3) is 0 Å². The molecule has 4 aliphatic heterocycles. The minimum absolute atomic E-state index is 0.372. The Morgan fingerprint density at radius 1 is 1.20 bits per heavy atom. The predicted molar refractivity (Wildman–Crippen MR) is 77.6 cm³/mol. The first-order chi connectivity index (χ1) is 9.83. The zero-order valence-electron chi connectivity index (χ0n) is 12.4. The topological polar surface area (TPSA) is 44.8 Å². The van der Waals surface area contributed by atoms with Crippen molar-refractivity contribution in [3.63, 3.8) is 0 Å². The van der Waals surface area contributed by atoms with Gasteiger partial charge >= 0.3 is 0 Å². The second kappa shape index (κ2) is 6.87. The van der Waals surface area contributed by atoms with Gasteiger partial charge < -0.3 is 15.0 Å². The molecule has 0 aromatic rings. The largest absolute Gasteiger partial charge is 0.379 e. The van der Waals surface area contributed by atoms with Crippen molar-refractivity contribution in [3.05, 3.63) is 0 Å². The van der Waals surface area contributed by atoms with Crippen molar-refractivity contribution in [1.82, 2.24) is 15.1 Å². The number of nitrogens with one attached hydrogen (secondary N) is 1. The Morgan fingerprint density at radius 3 is 2.90 bits per heavy atom. The molecule has 1 N–H and O–H groups in total. The molecule has 114 valence electrons. The van der Waals surface area contributed by atoms with Gasteiger partial charge in [0.05, 0.1) is 13.2 Å². The predicted octanol–water partition coefficient (Wildman–Crippen LogP) is 0.309. The SMILES string of the molecule is O=C(CCCN1CCOCC1)N1C[C@@H]2CC[C@H]1CNC2. The highest BCUT2D eigenvalue weighted by molar-refractivity contribution is 5.76. The summed E-state index contributed by atoms with van der Waals surface area (Å²) in [6.07, 6.45) is 4.17. The van der Waals surface area contributed by atoms with Crippen molar-refractivity contribution in [3.8, 4) is 0 Å². The average Bonchev–Trinajstić information content (AvgIpc) is 2.83. The zero-order valence-corrected chi connectivity index (χ0v) is 12.4. The normalized spacial score (nSPS) is 31.3. The van der Waals surface area contributed by atoms with Crippen LogP contribution >= 0.6 is 0 Å². The van der Waals surface area contributed by atoms with Crippen LogP contribution < -0.4 is 5.32 Å². The number of carbonyl (C=O) groups excluding carboxylic acids is 1. The van der Waals surface area contributed by atoms with Gasteiger partial charge in [0.2, 0.25) is 5.91 Å². The summed E-state index contributed by atoms with van der Waals surface area (Å²) in [5.74, 6) is 1.05. The molecule has 4 fully saturated rings. The van der Waals surface area contributed by atoms with E-state index in [4.69, 9.17) is 4.74 Å². The Bertz CT molecular complexity index is 327. The van der Waals surface area contributed by atoms with Crippen LogP contribution in [0, 0.1) is 5.92 Å². The van der Waals surface area contributed by atoms with Gasteiger partial charge in [0.25, 0.3) is 0 Å². The molecule has 20 heavy (non-hydrogen) atoms. The van der Waals surface area contributed by atoms with Crippen molar-refractivity contribution >= 4 is 5.91 Å². The third kappa shape index (κ3) is 3.51. The van der Waals surface area contributed by atoms with Crippen molar-refractivity contribution in [2.45, 2.75) is 31.7 Å². The summed E-state index contributed by atoms with van der Waals surface area (Å²) in [7, 11) is 0. The monoisotopic (exact) mass is 281 g/mol. The fourth-order valence-electron chi connectivity index (χ4n) is 3.66. The molecule has 0 unspecified atom stereocenters. The first-order valence-electron chi connectivity index (χ1n) is 8.13. The molecule has 0 radical (unpaired) electrons. The molecule has 2 bridgehead atoms. The maximum Gasteiger partial charge on any atom is 0.222 e. The molecular weight excluding hydrogens is 254 g/mol. The highest BCUT2D eigenvalue weighted by atomic mass is 16.5. The lowest BCUT2D eigenvalue weighted by atomic mass is 9.94. The molecule has 2 atom stereocenters. The van der Waals surface area contributed by atoms with E-state index in [2.05, 4.69) is 15.1 Å². The summed E-state index contributed by atoms with van der Waals surface area (Å²) in [5, 5.41) is 3.49. The lowest BCUT2D eigenvalue weighted by Crippen LogP contribution is -2.47. The van der Waals surface area contributed by atoms with Gasteiger partial charge in [-0.15, -0.1) is 0 Å². The van der Waals surface area contributed by atoms with Crippen LogP contribution in [0.1, 0.15) is 25.7 Å². The van der Waals surface area contributed by atoms with Crippen molar-refractivity contribution in [2.24, 2.45) is 5.92 Å². The van der Waals surface area contributed by atoms with Gasteiger partial charge in [0.1, 0.15) is 0 Å². The number of hydrogen-bond donors (Lipinski definition) is 1. The molecule has 0 aromatic carbocycles. The van der Waals surface area contributed by atoms with Crippen molar-refractivity contribution < 1.29 is 9.53 Å². The third-order valence-corrected chi connectivity index (χ3v) is 4.91. The van der Waals surface area contributed by atoms with Gasteiger partial charge in [-0.2, -0.15) is 0 Å². The van der Waals surface area contributed by atoms with E-state index in [-0.39, 0.29) is 0 Å². The van der Waals surface area contributed by atoms with E-state index in [0.717, 1.165) is 58.9 Å². The molecule has 0 spiro atoms. The maximum atomic E-state index is 12.4. The summed E-state index contributed by atoms with van der Waals surface area (Å²) in [6, 6.07) is 0.449. The number of nitrogens with zero attached hydrogens (tertiary/aromatic N) is 2. The van der Waals surface area contributed by atoms with Crippen LogP contribution in [0.5, 0.6) is 0 Å². The van der Waals surface area contributed by atoms with Gasteiger partial charge in [-0.3, -0.25) is 9.69 Å². The molecule has 1 amide bonds. The number of amides is 1. The quantitative estimate of drug-likeness (QED) is 0.805. The Balaban J connectivity index is 1.42. The van der Waals surface area contributed by atoms with E-state index in [1.54, 1.807) is 0 Å². The maximum absolute atomic E-state index is 12.4. The number of piperidine rings is 1. The first-order valence-corrected chi connectivity index (χ1v) is 8.13. The Kier molecular flexibility index (Phi) is 4.91. The molecule has 5 heteroatoms. The van der Waals surface area contributed by atoms with E-state index in [0.29, 0.717) is 24.3 Å². The summed E-state index contributed by atoms with van der Waals surface area (Å²) < 4.78 is 5.35. The lowest BCUT2D eigenvalue weighted by Gasteiger charge is -2.36. The van der Waals surface area contributed by atoms with Gasteiger partial charge in [-0.05, 0) is 38.3 Å². The molecule has 0 aliphatic carbocycles. The van der Waals surface area contributed by atoms with E-state index in [1.807, 2.05) is 0 Å². The lowest BCUT2D eigenvalue weighted by molar-refractivity contribution is -0.135. The average molecular weight is 281 g/mol. The van der Waals surface area contributed by atoms with Crippen LogP contribution in [0.15, 0.2) is 0 Å². The van der Waals surface area contributed by atoms with E-state index in [9.17, 15) is 4.79 Å². The molecule has 0 saturated carbocycles. The standard InChI is InChI=1S/C15H27N3O2/c19-15(2-1-5-17-6-8-20-9-7-17)18-12-13-3-4-14(18)11-16-10-13/h13-14,16H,1-12H2/t13-,14+/m1/s1. The number of carbonyl (C=O) groups is 1. The second-order valence-electron chi connectivity index (χ2n) is 6.36. The Labute approximate surface area is 121 Å². The van der Waals surface area contributed by atoms with Gasteiger partial charge in [0.15, 0.2) is 0 Å². The molecule has 5 nitrogen and oxygen atoms in total. The third-order valence-electron chi connectivity index (χ3n) is 4.91. The number of ether oxygens (including phenoxy) is 1. The van der Waals surface area contributed by atoms with Crippen LogP contribution in [0.4, 0.5) is 0 Å². The van der Waals surface area contributed by atoms with E-state index in [1.165, 1.54) is 12.8 Å². The van der Waals surface area contributed by atoms with Crippen LogP contribution in [-0.2, 0) is 9.53 Å². The molecule has 4 rings (SSSR count). The summed E-state index contributed by atoms with van der Waals surface area (Å²) in [6.45, 7) is 7.83. The number of morpholine rings is 1. The van der Waals surface area contributed by atoms with Crippen molar-refractivity contribution in [1.29, 1.82) is 0 Å². The Hall–Kier alpha value is -0.650. The van der Waals surface area contributed by atoms with Gasteiger partial charge in [-0.25, -0.2) is 0 Å². The highest BCUT2D eigenvalue weighted by Crippen LogP contribution is 2.25. The van der Waals surface area contributed by atoms with Crippen LogP contribution in [-0.4, -0.2) is 74.2 Å². The highest BCUT2D eigenvalue weighted by Gasteiger charge is 2.33. The van der Waals surface area contributed by atoms with Crippen LogP contribution in [0.2, 0.25) is 0 Å². The fourth-order valence-corrected chi connectivity index (χ4v) is 3.66. The summed E-state index contributed by atoms with van der Waals surface area (Å²) in [4.78, 5) is 17.0. The van der Waals surface area contributed by atoms with E-state index >= 15 is 0 Å². The molecule has 4 aliphatic rings. The number of rotatable bonds is 4. The molecule has 4 heterocycles. The second-order valence-corrected chi connectivity index (χ2v) is 6.36. The smallest absolute Gasteiger partial charge is 0.222 e. The summed E-state index contributed by atoms with van der Waals surface area (Å²) in [5.41, 5.74) is 0. The summed E-state index contributed by atoms with van der Waals surface area (Å²) >= 11 is 0. The fraction of sp³-hybridized carbons (Fsp3) is 0.933. The molecule has 4 saturated heterocycles. The van der Waals surface area contributed by atoms with Crippen molar-refractivity contribution in [2.75, 3.05) is 52.5 Å². The van der Waals surface area contributed by atoms with Gasteiger partial charge in [-0.1, -0.05) is 0 Å². The van der Waals surface area contributed by atoms with E-state index < -0.39 is 0 Å². The number of hydrogen-bond acceptors (Lipinski definition) is 4. The molecule has 0 aromatic heterocycles. The van der Waals surface area contributed by atoms with Gasteiger partial charge in [0, 0.05) is 38.6 Å². The zero-order chi connectivity index (χ0) is 13.8. The Morgan fingerprint density at radius 2 is 2.05 bits per heavy atom. The first kappa shape index (κ1) is 14.3. The molecular formula is C15H27N3O2. The minimum atomic E-state index is 0.372. The minimum Gasteiger partial charge on any atom is -0.379 e. The number of fused-ring (bicyclic) bond motifs is 4. The van der Waals surface area contributed by atoms with Crippen LogP contribution in [0.3, 0.4) is 0 Å².